The average molecular weight is 417 g/mol. The second kappa shape index (κ2) is 9.92. The summed E-state index contributed by atoms with van der Waals surface area (Å²) in [5.41, 5.74) is 0. The molecule has 1 rings (SSSR count). The van der Waals surface area contributed by atoms with Gasteiger partial charge in [-0.05, 0) is 0 Å². The third kappa shape index (κ3) is 9.92. The predicted octanol–water partition coefficient (Wildman–Crippen LogP) is 0.888. The summed E-state index contributed by atoms with van der Waals surface area (Å²) in [4.78, 5) is 0. The summed E-state index contributed by atoms with van der Waals surface area (Å²) in [6, 6.07) is 0. The number of halogens is 2. The Morgan fingerprint density at radius 3 is 1.22 bits per heavy atom. The molecule has 0 aromatic carbocycles. The summed E-state index contributed by atoms with van der Waals surface area (Å²) in [6.45, 7) is 3.11. The Morgan fingerprint density at radius 1 is 0.889 bits per heavy atom. The van der Waals surface area contributed by atoms with E-state index in [0.29, 0.717) is 0 Å². The minimum atomic E-state index is 0.0650. The van der Waals surface area contributed by atoms with Gasteiger partial charge in [-0.25, -0.2) is 0 Å². The zero-order valence-electron chi connectivity index (χ0n) is 5.11. The Labute approximate surface area is 84.1 Å². The van der Waals surface area contributed by atoms with Gasteiger partial charge in [0.05, 0.1) is 26.4 Å². The van der Waals surface area contributed by atoms with Crippen LogP contribution in [0.15, 0.2) is 0 Å². The van der Waals surface area contributed by atoms with E-state index in [4.69, 9.17) is 9.47 Å². The topological polar surface area (TPSA) is 18.5 Å². The van der Waals surface area contributed by atoms with Crippen LogP contribution in [0.3, 0.4) is 0 Å². The van der Waals surface area contributed by atoms with Crippen LogP contribution in [-0.4, -0.2) is 35.2 Å². The van der Waals surface area contributed by atoms with Crippen LogP contribution in [0.5, 0.6) is 0 Å². The van der Waals surface area contributed by atoms with E-state index in [1.165, 1.54) is 0 Å². The van der Waals surface area contributed by atoms with Gasteiger partial charge in [0.25, 0.3) is 0 Å². The van der Waals surface area contributed by atoms with Gasteiger partial charge in [0.15, 0.2) is 0 Å². The summed E-state index contributed by atoms with van der Waals surface area (Å²) in [6.07, 6.45) is 0. The fraction of sp³-hybridized carbons (Fsp3) is 1.00. The summed E-state index contributed by atoms with van der Waals surface area (Å²) in [5.74, 6) is 0. The third-order valence-corrected chi connectivity index (χ3v) is 0.744. The van der Waals surface area contributed by atoms with Crippen molar-refractivity contribution >= 4 is 49.2 Å². The molecule has 0 spiro atoms. The SMILES string of the molecule is C1COCCO1.[I][GeH2][I]. The average Bonchev–Trinajstić information content (AvgIpc) is 1.93. The van der Waals surface area contributed by atoms with Gasteiger partial charge in [-0.2, -0.15) is 0 Å². The predicted molar refractivity (Wildman–Crippen MR) is 58.2 cm³/mol. The molecule has 1 saturated heterocycles. The summed E-state index contributed by atoms with van der Waals surface area (Å²) in [7, 11) is 0.0650. The molecule has 1 aliphatic heterocycles. The molecule has 0 bridgehead atoms. The first-order valence-electron chi connectivity index (χ1n) is 2.69. The molecule has 0 aliphatic carbocycles. The van der Waals surface area contributed by atoms with Crippen LogP contribution in [0.25, 0.3) is 0 Å². The molecule has 0 amide bonds. The van der Waals surface area contributed by atoms with Crippen LogP contribution in [0.2, 0.25) is 0 Å². The van der Waals surface area contributed by atoms with E-state index in [2.05, 4.69) is 40.4 Å². The van der Waals surface area contributed by atoms with Crippen molar-refractivity contribution in [3.63, 3.8) is 0 Å². The molecule has 56 valence electrons. The van der Waals surface area contributed by atoms with Gasteiger partial charge >= 0.3 is 49.2 Å². The molecular weight excluding hydrogens is 406 g/mol. The van der Waals surface area contributed by atoms with E-state index in [0.717, 1.165) is 26.4 Å². The third-order valence-electron chi connectivity index (χ3n) is 0.744. The van der Waals surface area contributed by atoms with Crippen molar-refractivity contribution < 1.29 is 9.47 Å². The van der Waals surface area contributed by atoms with E-state index in [1.54, 1.807) is 0 Å². The molecule has 1 fully saturated rings. The van der Waals surface area contributed by atoms with Gasteiger partial charge in [-0.1, -0.05) is 0 Å². The molecule has 1 heterocycles. The van der Waals surface area contributed by atoms with Crippen LogP contribution >= 0.6 is 40.4 Å². The fourth-order valence-corrected chi connectivity index (χ4v) is 0.440. The zero-order valence-corrected chi connectivity index (χ0v) is 12.4. The van der Waals surface area contributed by atoms with Crippen molar-refractivity contribution in [1.82, 2.24) is 0 Å². The van der Waals surface area contributed by atoms with E-state index < -0.39 is 0 Å². The van der Waals surface area contributed by atoms with Gasteiger partial charge in [-0.15, -0.1) is 0 Å². The van der Waals surface area contributed by atoms with E-state index in [-0.39, 0.29) is 8.81 Å². The van der Waals surface area contributed by atoms with Crippen molar-refractivity contribution in [2.45, 2.75) is 0 Å². The van der Waals surface area contributed by atoms with Crippen molar-refractivity contribution in [3.8, 4) is 0 Å². The maximum absolute atomic E-state index is 4.94. The van der Waals surface area contributed by atoms with Crippen LogP contribution in [0.4, 0.5) is 0 Å². The number of hydrogen-bond donors (Lipinski definition) is 0. The molecule has 0 atom stereocenters. The van der Waals surface area contributed by atoms with Crippen molar-refractivity contribution in [2.75, 3.05) is 26.4 Å². The normalized spacial score (nSPS) is 18.0. The van der Waals surface area contributed by atoms with E-state index in [9.17, 15) is 0 Å². The maximum atomic E-state index is 4.94. The van der Waals surface area contributed by atoms with Crippen molar-refractivity contribution in [2.24, 2.45) is 0 Å². The quantitative estimate of drug-likeness (QED) is 0.431. The zero-order chi connectivity index (χ0) is 6.95. The Morgan fingerprint density at radius 2 is 1.11 bits per heavy atom. The molecule has 5 heteroatoms. The monoisotopic (exact) mass is 418 g/mol. The molecule has 1 aliphatic rings. The van der Waals surface area contributed by atoms with Gasteiger partial charge in [0, 0.05) is 0 Å². The van der Waals surface area contributed by atoms with Crippen LogP contribution < -0.4 is 0 Å². The standard InChI is InChI=1S/C4H8O2.GeH2I2/c1-2-6-4-3-5-1;2-1-3/h1-4H2;1H2. The molecule has 0 unspecified atom stereocenters. The molecule has 0 saturated carbocycles. The van der Waals surface area contributed by atoms with E-state index >= 15 is 0 Å². The molecule has 9 heavy (non-hydrogen) atoms. The number of hydrogen-bond acceptors (Lipinski definition) is 2. The van der Waals surface area contributed by atoms with E-state index in [1.807, 2.05) is 0 Å². The second-order valence-corrected chi connectivity index (χ2v) is 24.8. The first-order chi connectivity index (χ1) is 4.41. The van der Waals surface area contributed by atoms with Crippen LogP contribution in [0.1, 0.15) is 0 Å². The Hall–Kier alpha value is 1.92. The molecule has 0 radical (unpaired) electrons. The first-order valence-corrected chi connectivity index (χ1v) is 20.8. The second-order valence-electron chi connectivity index (χ2n) is 1.33. The Kier molecular flexibility index (Phi) is 12.0. The Balaban J connectivity index is 0.000000187. The molecule has 0 aromatic heterocycles. The molecule has 0 N–H and O–H groups in total. The van der Waals surface area contributed by atoms with Crippen LogP contribution in [0, 0.1) is 0 Å². The van der Waals surface area contributed by atoms with Crippen LogP contribution in [-0.2, 0) is 9.47 Å². The molecular formula is C4H10GeI2O2. The van der Waals surface area contributed by atoms with Crippen molar-refractivity contribution in [3.05, 3.63) is 0 Å². The summed E-state index contributed by atoms with van der Waals surface area (Å²) in [5, 5.41) is 0. The van der Waals surface area contributed by atoms with Gasteiger partial charge in [0.1, 0.15) is 0 Å². The molecule has 0 aromatic rings. The van der Waals surface area contributed by atoms with Gasteiger partial charge in [0.2, 0.25) is 0 Å². The minimum absolute atomic E-state index is 0.0650. The van der Waals surface area contributed by atoms with Gasteiger partial charge in [-0.3, -0.25) is 0 Å². The first kappa shape index (κ1) is 10.9. The summed E-state index contributed by atoms with van der Waals surface area (Å²) < 4.78 is 9.89. The van der Waals surface area contributed by atoms with Gasteiger partial charge < -0.3 is 9.47 Å². The number of ether oxygens (including phenoxy) is 2. The Bertz CT molecular complexity index is 40.3. The van der Waals surface area contributed by atoms with Crippen molar-refractivity contribution in [1.29, 1.82) is 0 Å². The molecule has 2 nitrogen and oxygen atoms in total. The summed E-state index contributed by atoms with van der Waals surface area (Å²) >= 11 is 4.93. The number of rotatable bonds is 0. The fourth-order valence-electron chi connectivity index (χ4n) is 0.440.